The van der Waals surface area contributed by atoms with Gasteiger partial charge < -0.3 is 15.5 Å². The van der Waals surface area contributed by atoms with Crippen LogP contribution in [0.25, 0.3) is 0 Å². The number of nitrogens with one attached hydrogen (secondary N) is 2. The number of rotatable bonds is 5. The van der Waals surface area contributed by atoms with Crippen molar-refractivity contribution < 1.29 is 4.79 Å². The van der Waals surface area contributed by atoms with E-state index >= 15 is 0 Å². The van der Waals surface area contributed by atoms with Crippen LogP contribution in [-0.4, -0.2) is 45.9 Å². The van der Waals surface area contributed by atoms with Crippen LogP contribution in [0.3, 0.4) is 0 Å². The van der Waals surface area contributed by atoms with E-state index in [0.717, 1.165) is 41.5 Å². The van der Waals surface area contributed by atoms with Crippen molar-refractivity contribution >= 4 is 28.3 Å². The van der Waals surface area contributed by atoms with Gasteiger partial charge in [0.05, 0.1) is 18.3 Å². The van der Waals surface area contributed by atoms with Crippen LogP contribution < -0.4 is 10.6 Å². The third kappa shape index (κ3) is 3.88. The molecular weight excluding hydrogens is 324 g/mol. The molecule has 0 aliphatic carbocycles. The maximum Gasteiger partial charge on any atom is 0.237 e. The van der Waals surface area contributed by atoms with Gasteiger partial charge in [-0.15, -0.1) is 11.3 Å². The number of thiazole rings is 1. The molecule has 0 aromatic carbocycles. The molecule has 7 nitrogen and oxygen atoms in total. The first-order valence-corrected chi connectivity index (χ1v) is 8.95. The van der Waals surface area contributed by atoms with E-state index in [1.54, 1.807) is 24.6 Å². The van der Waals surface area contributed by atoms with E-state index < -0.39 is 0 Å². The van der Waals surface area contributed by atoms with Crippen LogP contribution in [0.15, 0.2) is 18.5 Å². The fraction of sp³-hybridized carbons (Fsp3) is 0.500. The Labute approximate surface area is 145 Å². The fourth-order valence-electron chi connectivity index (χ4n) is 2.92. The van der Waals surface area contributed by atoms with Crippen molar-refractivity contribution in [2.75, 3.05) is 25.5 Å². The third-order valence-electron chi connectivity index (χ3n) is 4.01. The summed E-state index contributed by atoms with van der Waals surface area (Å²) in [6.45, 7) is 3.14. The fourth-order valence-corrected chi connectivity index (χ4v) is 3.58. The molecule has 1 aliphatic heterocycles. The average molecular weight is 346 g/mol. The van der Waals surface area contributed by atoms with Crippen LogP contribution in [-0.2, 0) is 4.79 Å². The molecule has 3 heterocycles. The highest BCUT2D eigenvalue weighted by Crippen LogP contribution is 2.30. The number of anilines is 2. The number of aromatic nitrogens is 3. The molecule has 1 aliphatic rings. The van der Waals surface area contributed by atoms with E-state index in [1.165, 1.54) is 0 Å². The van der Waals surface area contributed by atoms with E-state index in [0.29, 0.717) is 12.5 Å². The number of hydrogen-bond donors (Lipinski definition) is 2. The van der Waals surface area contributed by atoms with Gasteiger partial charge in [0, 0.05) is 23.8 Å². The third-order valence-corrected chi connectivity index (χ3v) is 4.84. The molecule has 2 aromatic heterocycles. The molecule has 3 rings (SSSR count). The van der Waals surface area contributed by atoms with Gasteiger partial charge >= 0.3 is 0 Å². The number of carbonyl (C=O) groups excluding carboxylic acids is 1. The standard InChI is InChI=1S/C16H22N6OS/c1-11-9-19-16(24-11)21-15-18-7-6-12(20-15)13-5-3-4-8-22(13)14(23)10-17-2/h6-7,9,13,17H,3-5,8,10H2,1-2H3,(H,18,19,20,21)/t13-/m0/s1. The van der Waals surface area contributed by atoms with Gasteiger partial charge in [0.25, 0.3) is 0 Å². The van der Waals surface area contributed by atoms with Crippen LogP contribution in [0, 0.1) is 6.92 Å². The van der Waals surface area contributed by atoms with Crippen LogP contribution in [0.5, 0.6) is 0 Å². The van der Waals surface area contributed by atoms with Crippen LogP contribution in [0.2, 0.25) is 0 Å². The summed E-state index contributed by atoms with van der Waals surface area (Å²) in [7, 11) is 1.79. The van der Waals surface area contributed by atoms with Gasteiger partial charge in [0.1, 0.15) is 0 Å². The Bertz CT molecular complexity index is 703. The largest absolute Gasteiger partial charge is 0.333 e. The van der Waals surface area contributed by atoms with E-state index in [9.17, 15) is 4.79 Å². The van der Waals surface area contributed by atoms with E-state index in [1.807, 2.05) is 24.1 Å². The number of hydrogen-bond acceptors (Lipinski definition) is 7. The Kier molecular flexibility index (Phi) is 5.37. The molecule has 0 bridgehead atoms. The molecule has 24 heavy (non-hydrogen) atoms. The number of likely N-dealkylation sites (N-methyl/N-ethyl adjacent to an activating group) is 1. The summed E-state index contributed by atoms with van der Waals surface area (Å²) in [4.78, 5) is 28.6. The number of carbonyl (C=O) groups is 1. The van der Waals surface area contributed by atoms with Crippen LogP contribution >= 0.6 is 11.3 Å². The monoisotopic (exact) mass is 346 g/mol. The molecule has 0 unspecified atom stereocenters. The lowest BCUT2D eigenvalue weighted by atomic mass is 9.99. The summed E-state index contributed by atoms with van der Waals surface area (Å²) in [6, 6.07) is 1.91. The van der Waals surface area contributed by atoms with Gasteiger partial charge in [0.2, 0.25) is 11.9 Å². The molecule has 128 valence electrons. The normalized spacial score (nSPS) is 17.8. The van der Waals surface area contributed by atoms with Crippen molar-refractivity contribution in [3.8, 4) is 0 Å². The molecule has 1 atom stereocenters. The second-order valence-electron chi connectivity index (χ2n) is 5.84. The first-order chi connectivity index (χ1) is 11.7. The van der Waals surface area contributed by atoms with Crippen molar-refractivity contribution in [2.24, 2.45) is 0 Å². The first-order valence-electron chi connectivity index (χ1n) is 8.14. The maximum atomic E-state index is 12.4. The second-order valence-corrected chi connectivity index (χ2v) is 7.07. The summed E-state index contributed by atoms with van der Waals surface area (Å²) in [6.07, 6.45) is 6.63. The summed E-state index contributed by atoms with van der Waals surface area (Å²) in [5.74, 6) is 0.638. The maximum absolute atomic E-state index is 12.4. The Morgan fingerprint density at radius 1 is 1.42 bits per heavy atom. The summed E-state index contributed by atoms with van der Waals surface area (Å²) in [5, 5.41) is 6.86. The van der Waals surface area contributed by atoms with Crippen molar-refractivity contribution in [3.63, 3.8) is 0 Å². The smallest absolute Gasteiger partial charge is 0.237 e. The molecule has 1 saturated heterocycles. The van der Waals surface area contributed by atoms with Gasteiger partial charge in [0.15, 0.2) is 5.13 Å². The lowest BCUT2D eigenvalue weighted by Gasteiger charge is -2.35. The summed E-state index contributed by atoms with van der Waals surface area (Å²) in [5.41, 5.74) is 0.880. The average Bonchev–Trinajstić information content (AvgIpc) is 3.00. The molecule has 0 saturated carbocycles. The highest BCUT2D eigenvalue weighted by molar-refractivity contribution is 7.15. The van der Waals surface area contributed by atoms with Gasteiger partial charge in [-0.1, -0.05) is 0 Å². The Morgan fingerprint density at radius 2 is 2.29 bits per heavy atom. The molecule has 2 N–H and O–H groups in total. The minimum Gasteiger partial charge on any atom is -0.333 e. The van der Waals surface area contributed by atoms with Crippen molar-refractivity contribution in [1.29, 1.82) is 0 Å². The minimum absolute atomic E-state index is 0.0150. The van der Waals surface area contributed by atoms with Crippen LogP contribution in [0.4, 0.5) is 11.1 Å². The zero-order valence-electron chi connectivity index (χ0n) is 14.0. The number of aryl methyl sites for hydroxylation is 1. The quantitative estimate of drug-likeness (QED) is 0.864. The molecule has 1 amide bonds. The molecular formula is C16H22N6OS. The van der Waals surface area contributed by atoms with Gasteiger partial charge in [-0.3, -0.25) is 4.79 Å². The van der Waals surface area contributed by atoms with Gasteiger partial charge in [-0.05, 0) is 39.3 Å². The second kappa shape index (κ2) is 7.67. The Balaban J connectivity index is 1.79. The molecule has 8 heteroatoms. The number of piperidine rings is 1. The van der Waals surface area contributed by atoms with Crippen LogP contribution in [0.1, 0.15) is 35.9 Å². The van der Waals surface area contributed by atoms with Crippen molar-refractivity contribution in [2.45, 2.75) is 32.2 Å². The summed E-state index contributed by atoms with van der Waals surface area (Å²) < 4.78 is 0. The topological polar surface area (TPSA) is 83.0 Å². The highest BCUT2D eigenvalue weighted by Gasteiger charge is 2.28. The highest BCUT2D eigenvalue weighted by atomic mass is 32.1. The van der Waals surface area contributed by atoms with E-state index in [-0.39, 0.29) is 11.9 Å². The number of amides is 1. The Morgan fingerprint density at radius 3 is 3.04 bits per heavy atom. The zero-order chi connectivity index (χ0) is 16.9. The Hall–Kier alpha value is -2.06. The first kappa shape index (κ1) is 16.8. The van der Waals surface area contributed by atoms with Gasteiger partial charge in [-0.25, -0.2) is 15.0 Å². The molecule has 0 radical (unpaired) electrons. The van der Waals surface area contributed by atoms with E-state index in [2.05, 4.69) is 25.6 Å². The van der Waals surface area contributed by atoms with Gasteiger partial charge in [-0.2, -0.15) is 0 Å². The minimum atomic E-state index is 0.0150. The molecule has 2 aromatic rings. The summed E-state index contributed by atoms with van der Waals surface area (Å²) >= 11 is 1.56. The van der Waals surface area contributed by atoms with Crippen molar-refractivity contribution in [1.82, 2.24) is 25.2 Å². The molecule has 0 spiro atoms. The predicted molar refractivity (Wildman–Crippen MR) is 94.4 cm³/mol. The predicted octanol–water partition coefficient (Wildman–Crippen LogP) is 2.26. The lowest BCUT2D eigenvalue weighted by molar-refractivity contribution is -0.134. The zero-order valence-corrected chi connectivity index (χ0v) is 14.8. The lowest BCUT2D eigenvalue weighted by Crippen LogP contribution is -2.42. The number of nitrogens with zero attached hydrogens (tertiary/aromatic N) is 4. The SMILES string of the molecule is CNCC(=O)N1CCCC[C@H]1c1ccnc(Nc2ncc(C)s2)n1. The molecule has 1 fully saturated rings. The van der Waals surface area contributed by atoms with E-state index in [4.69, 9.17) is 0 Å². The van der Waals surface area contributed by atoms with Crippen molar-refractivity contribution in [3.05, 3.63) is 29.0 Å². The number of likely N-dealkylation sites (tertiary alicyclic amines) is 1.